The molecule has 0 saturated heterocycles. The molecule has 2 unspecified atom stereocenters. The first-order valence-corrected chi connectivity index (χ1v) is 6.48. The number of benzene rings is 1. The van der Waals surface area contributed by atoms with Gasteiger partial charge in [-0.15, -0.1) is 0 Å². The predicted octanol–water partition coefficient (Wildman–Crippen LogP) is 3.05. The second kappa shape index (κ2) is 6.77. The van der Waals surface area contributed by atoms with Crippen molar-refractivity contribution in [3.63, 3.8) is 0 Å². The summed E-state index contributed by atoms with van der Waals surface area (Å²) >= 11 is 0. The maximum Gasteiger partial charge on any atom is 0.0940 e. The topological polar surface area (TPSA) is 32.3 Å². The molecule has 0 aliphatic rings. The summed E-state index contributed by atoms with van der Waals surface area (Å²) in [6, 6.07) is 8.18. The zero-order valence-electron chi connectivity index (χ0n) is 11.4. The highest BCUT2D eigenvalue weighted by Gasteiger charge is 2.15. The molecule has 96 valence electrons. The fourth-order valence-corrected chi connectivity index (χ4v) is 1.76. The van der Waals surface area contributed by atoms with E-state index in [2.05, 4.69) is 26.1 Å². The molecule has 2 nitrogen and oxygen atoms in total. The second-order valence-electron chi connectivity index (χ2n) is 5.28. The van der Waals surface area contributed by atoms with E-state index in [0.717, 1.165) is 18.5 Å². The van der Waals surface area contributed by atoms with Crippen molar-refractivity contribution in [3.05, 3.63) is 35.4 Å². The summed E-state index contributed by atoms with van der Waals surface area (Å²) in [5, 5.41) is 13.6. The Balaban J connectivity index is 2.45. The molecule has 0 fully saturated rings. The minimum absolute atomic E-state index is 0.0939. The third-order valence-electron chi connectivity index (χ3n) is 3.08. The maximum atomic E-state index is 10.2. The van der Waals surface area contributed by atoms with E-state index < -0.39 is 6.10 Å². The van der Waals surface area contributed by atoms with Gasteiger partial charge in [-0.3, -0.25) is 0 Å². The van der Waals surface area contributed by atoms with Gasteiger partial charge in [0.15, 0.2) is 0 Å². The van der Waals surface area contributed by atoms with Gasteiger partial charge < -0.3 is 10.4 Å². The lowest BCUT2D eigenvalue weighted by Crippen LogP contribution is -2.33. The van der Waals surface area contributed by atoms with Crippen LogP contribution in [-0.4, -0.2) is 17.7 Å². The summed E-state index contributed by atoms with van der Waals surface area (Å²) in [6.07, 6.45) is 0.716. The molecule has 0 aliphatic heterocycles. The molecule has 1 aromatic rings. The zero-order chi connectivity index (χ0) is 12.8. The summed E-state index contributed by atoms with van der Waals surface area (Å²) in [4.78, 5) is 0. The van der Waals surface area contributed by atoms with Gasteiger partial charge in [-0.2, -0.15) is 0 Å². The van der Waals surface area contributed by atoms with Gasteiger partial charge in [-0.25, -0.2) is 0 Å². The molecule has 0 aromatic heterocycles. The van der Waals surface area contributed by atoms with Gasteiger partial charge in [0.05, 0.1) is 6.10 Å². The van der Waals surface area contributed by atoms with Crippen LogP contribution in [0.1, 0.15) is 44.4 Å². The SMILES string of the molecule is Cc1ccc(C(O)C(C)NCCC(C)C)cc1. The van der Waals surface area contributed by atoms with Gasteiger partial charge in [0, 0.05) is 6.04 Å². The first-order valence-electron chi connectivity index (χ1n) is 6.48. The molecule has 0 amide bonds. The summed E-state index contributed by atoms with van der Waals surface area (Å²) < 4.78 is 0. The van der Waals surface area contributed by atoms with Crippen LogP contribution in [0.4, 0.5) is 0 Å². The lowest BCUT2D eigenvalue weighted by Gasteiger charge is -2.21. The molecule has 2 N–H and O–H groups in total. The molecule has 2 heteroatoms. The Kier molecular flexibility index (Phi) is 5.66. The largest absolute Gasteiger partial charge is 0.387 e. The van der Waals surface area contributed by atoms with Crippen LogP contribution in [0.5, 0.6) is 0 Å². The first-order chi connectivity index (χ1) is 8.00. The number of hydrogen-bond acceptors (Lipinski definition) is 2. The molecule has 0 radical (unpaired) electrons. The second-order valence-corrected chi connectivity index (χ2v) is 5.28. The molecular weight excluding hydrogens is 210 g/mol. The quantitative estimate of drug-likeness (QED) is 0.794. The van der Waals surface area contributed by atoms with Crippen molar-refractivity contribution in [1.29, 1.82) is 0 Å². The van der Waals surface area contributed by atoms with E-state index >= 15 is 0 Å². The van der Waals surface area contributed by atoms with Crippen molar-refractivity contribution >= 4 is 0 Å². The Labute approximate surface area is 105 Å². The third kappa shape index (κ3) is 4.88. The smallest absolute Gasteiger partial charge is 0.0940 e. The molecule has 1 rings (SSSR count). The van der Waals surface area contributed by atoms with E-state index in [1.807, 2.05) is 31.2 Å². The van der Waals surface area contributed by atoms with Gasteiger partial charge >= 0.3 is 0 Å². The number of aryl methyl sites for hydroxylation is 1. The summed E-state index contributed by atoms with van der Waals surface area (Å²) in [7, 11) is 0. The number of aliphatic hydroxyl groups excluding tert-OH is 1. The third-order valence-corrected chi connectivity index (χ3v) is 3.08. The predicted molar refractivity (Wildman–Crippen MR) is 73.1 cm³/mol. The maximum absolute atomic E-state index is 10.2. The van der Waals surface area contributed by atoms with Crippen molar-refractivity contribution < 1.29 is 5.11 Å². The van der Waals surface area contributed by atoms with Gasteiger partial charge in [0.25, 0.3) is 0 Å². The molecule has 0 bridgehead atoms. The van der Waals surface area contributed by atoms with Crippen molar-refractivity contribution in [1.82, 2.24) is 5.32 Å². The monoisotopic (exact) mass is 235 g/mol. The highest BCUT2D eigenvalue weighted by atomic mass is 16.3. The Hall–Kier alpha value is -0.860. The Bertz CT molecular complexity index is 318. The molecule has 0 heterocycles. The molecule has 0 spiro atoms. The van der Waals surface area contributed by atoms with Gasteiger partial charge in [-0.1, -0.05) is 43.7 Å². The Morgan fingerprint density at radius 2 is 1.71 bits per heavy atom. The van der Waals surface area contributed by atoms with Crippen LogP contribution in [0.3, 0.4) is 0 Å². The van der Waals surface area contributed by atoms with Crippen molar-refractivity contribution in [2.45, 2.75) is 46.3 Å². The van der Waals surface area contributed by atoms with Gasteiger partial charge in [-0.05, 0) is 38.3 Å². The Morgan fingerprint density at radius 1 is 1.12 bits per heavy atom. The standard InChI is InChI=1S/C15H25NO/c1-11(2)9-10-16-13(4)15(17)14-7-5-12(3)6-8-14/h5-8,11,13,15-17H,9-10H2,1-4H3. The van der Waals surface area contributed by atoms with Gasteiger partial charge in [0.1, 0.15) is 0 Å². The van der Waals surface area contributed by atoms with E-state index in [0.29, 0.717) is 5.92 Å². The fraction of sp³-hybridized carbons (Fsp3) is 0.600. The van der Waals surface area contributed by atoms with Crippen LogP contribution in [0.25, 0.3) is 0 Å². The van der Waals surface area contributed by atoms with E-state index in [1.54, 1.807) is 0 Å². The summed E-state index contributed by atoms with van der Waals surface area (Å²) in [5.74, 6) is 0.700. The average molecular weight is 235 g/mol. The first kappa shape index (κ1) is 14.2. The molecule has 17 heavy (non-hydrogen) atoms. The number of rotatable bonds is 6. The normalized spacial score (nSPS) is 14.9. The lowest BCUT2D eigenvalue weighted by molar-refractivity contribution is 0.135. The van der Waals surface area contributed by atoms with Crippen molar-refractivity contribution in [3.8, 4) is 0 Å². The van der Waals surface area contributed by atoms with E-state index in [4.69, 9.17) is 0 Å². The zero-order valence-corrected chi connectivity index (χ0v) is 11.4. The number of hydrogen-bond donors (Lipinski definition) is 2. The van der Waals surface area contributed by atoms with Crippen molar-refractivity contribution in [2.75, 3.05) is 6.54 Å². The van der Waals surface area contributed by atoms with Crippen LogP contribution in [0, 0.1) is 12.8 Å². The van der Waals surface area contributed by atoms with E-state index in [-0.39, 0.29) is 6.04 Å². The van der Waals surface area contributed by atoms with Crippen LogP contribution >= 0.6 is 0 Å². The highest BCUT2D eigenvalue weighted by Crippen LogP contribution is 2.17. The number of aliphatic hydroxyl groups is 1. The fourth-order valence-electron chi connectivity index (χ4n) is 1.76. The number of nitrogens with one attached hydrogen (secondary N) is 1. The summed E-state index contributed by atoms with van der Waals surface area (Å²) in [6.45, 7) is 9.47. The molecule has 0 aliphatic carbocycles. The van der Waals surface area contributed by atoms with Gasteiger partial charge in [0.2, 0.25) is 0 Å². The molecule has 0 saturated carbocycles. The lowest BCUT2D eigenvalue weighted by atomic mass is 10.0. The minimum Gasteiger partial charge on any atom is -0.387 e. The summed E-state index contributed by atoms with van der Waals surface area (Å²) in [5.41, 5.74) is 2.21. The van der Waals surface area contributed by atoms with Crippen molar-refractivity contribution in [2.24, 2.45) is 5.92 Å². The molecule has 1 aromatic carbocycles. The molecule has 2 atom stereocenters. The average Bonchev–Trinajstić information content (AvgIpc) is 2.28. The minimum atomic E-state index is -0.428. The van der Waals surface area contributed by atoms with Crippen LogP contribution in [0.15, 0.2) is 24.3 Å². The van der Waals surface area contributed by atoms with Crippen LogP contribution < -0.4 is 5.32 Å². The Morgan fingerprint density at radius 3 is 2.24 bits per heavy atom. The highest BCUT2D eigenvalue weighted by molar-refractivity contribution is 5.23. The van der Waals surface area contributed by atoms with Crippen LogP contribution in [-0.2, 0) is 0 Å². The van der Waals surface area contributed by atoms with Crippen LogP contribution in [0.2, 0.25) is 0 Å². The van der Waals surface area contributed by atoms with E-state index in [1.165, 1.54) is 5.56 Å². The molecular formula is C15H25NO. The van der Waals surface area contributed by atoms with E-state index in [9.17, 15) is 5.11 Å².